The van der Waals surface area contributed by atoms with Crippen LogP contribution in [0.15, 0.2) is 546 Å². The lowest BCUT2D eigenvalue weighted by Crippen LogP contribution is -2.72. The van der Waals surface area contributed by atoms with E-state index < -0.39 is 16.1 Å². The Morgan fingerprint density at radius 3 is 0.896 bits per heavy atom. The molecule has 2 aliphatic rings. The highest BCUT2D eigenvalue weighted by atomic mass is 28.3. The zero-order valence-corrected chi connectivity index (χ0v) is 81.8. The minimum absolute atomic E-state index is 1.07. The molecule has 0 atom stereocenters. The quantitative estimate of drug-likeness (QED) is 0.0897. The molecular formula is C138H96N4Si2. The van der Waals surface area contributed by atoms with E-state index in [9.17, 15) is 0 Å². The molecule has 0 saturated carbocycles. The normalized spacial score (nSPS) is 12.6. The third-order valence-corrected chi connectivity index (χ3v) is 39.1. The third kappa shape index (κ3) is 14.1. The fraction of sp³-hybridized carbons (Fsp3) is 0.0145. The van der Waals surface area contributed by atoms with Gasteiger partial charge in [0.05, 0.1) is 33.4 Å². The van der Waals surface area contributed by atoms with Crippen LogP contribution in [0, 0.1) is 0 Å². The second kappa shape index (κ2) is 35.1. The Balaban J connectivity index is 0.000000145. The molecule has 24 aromatic carbocycles. The molecule has 0 bridgehead atoms. The molecule has 0 unspecified atom stereocenters. The van der Waals surface area contributed by atoms with Crippen LogP contribution in [-0.4, -0.2) is 25.3 Å². The summed E-state index contributed by atoms with van der Waals surface area (Å²) in [6.07, 6.45) is 0. The van der Waals surface area contributed by atoms with Crippen molar-refractivity contribution in [1.82, 2.24) is 9.13 Å². The minimum atomic E-state index is -2.83. The van der Waals surface area contributed by atoms with Gasteiger partial charge in [-0.05, 0) is 267 Å². The fourth-order valence-corrected chi connectivity index (χ4v) is 32.3. The average Bonchev–Trinajstić information content (AvgIpc) is 1.52. The fourth-order valence-electron chi connectivity index (χ4n) is 24.1. The van der Waals surface area contributed by atoms with Crippen molar-refractivity contribution in [2.45, 2.75) is 13.1 Å². The van der Waals surface area contributed by atoms with E-state index in [0.717, 1.165) is 56.5 Å². The number of hydrogen-bond donors (Lipinski definition) is 0. The first-order valence-corrected chi connectivity index (χ1v) is 55.0. The number of anilines is 6. The molecule has 0 aliphatic carbocycles. The SMILES string of the molecule is C[Si]1(C)c2ccccc2-c2cc(-c3cc4c5ccccc5n(-c5ccccc5)c4cc3N(c3ccc(-c4cccc5ccccc45)cc3)c3ccc(-c4cccc5ccccc45)cc3)ccc21.c1ccc(-n2c3ccccc3c3cc(-c4cccc5c4-c4ccccc4[Si]5(c4ccccc4)c4ccccc4)c(N(c4ccc(-c5cccc6ccccc56)cc4)c4ccc(-c5cccc6ccccc56)cc4)cc32)cc1. The number of fused-ring (bicyclic) bond motifs is 16. The summed E-state index contributed by atoms with van der Waals surface area (Å²) in [6, 6.07) is 203. The van der Waals surface area contributed by atoms with Gasteiger partial charge in [0.25, 0.3) is 0 Å². The zero-order valence-electron chi connectivity index (χ0n) is 79.8. The van der Waals surface area contributed by atoms with Gasteiger partial charge in [-0.3, -0.25) is 0 Å². The van der Waals surface area contributed by atoms with E-state index in [1.165, 1.54) is 196 Å². The largest absolute Gasteiger partial charge is 0.310 e. The van der Waals surface area contributed by atoms with E-state index in [2.05, 4.69) is 578 Å². The predicted octanol–water partition coefficient (Wildman–Crippen LogP) is 33.3. The summed E-state index contributed by atoms with van der Waals surface area (Å²) >= 11 is 0. The predicted molar refractivity (Wildman–Crippen MR) is 618 cm³/mol. The first kappa shape index (κ1) is 85.2. The molecule has 144 heavy (non-hydrogen) atoms. The Bertz CT molecular complexity index is 9220. The number of aromatic nitrogens is 2. The van der Waals surface area contributed by atoms with Crippen LogP contribution in [0.2, 0.25) is 13.1 Å². The Morgan fingerprint density at radius 2 is 0.472 bits per heavy atom. The summed E-state index contributed by atoms with van der Waals surface area (Å²) in [5, 5.41) is 23.5. The van der Waals surface area contributed by atoms with Gasteiger partial charge in [0.15, 0.2) is 8.07 Å². The molecule has 2 aromatic heterocycles. The lowest BCUT2D eigenvalue weighted by molar-refractivity contribution is 1.18. The van der Waals surface area contributed by atoms with E-state index in [0.29, 0.717) is 0 Å². The first-order valence-electron chi connectivity index (χ1n) is 50.0. The molecule has 6 heteroatoms. The van der Waals surface area contributed by atoms with Gasteiger partial charge < -0.3 is 18.9 Å². The van der Waals surface area contributed by atoms with Gasteiger partial charge in [-0.1, -0.05) is 444 Å². The molecule has 4 heterocycles. The molecule has 0 saturated heterocycles. The van der Waals surface area contributed by atoms with Gasteiger partial charge in [-0.2, -0.15) is 0 Å². The van der Waals surface area contributed by atoms with E-state index in [-0.39, 0.29) is 0 Å². The van der Waals surface area contributed by atoms with Gasteiger partial charge in [0, 0.05) is 66.8 Å². The Hall–Kier alpha value is -18.0. The molecular weight excluding hydrogens is 1770 g/mol. The molecule has 0 radical (unpaired) electrons. The van der Waals surface area contributed by atoms with Crippen molar-refractivity contribution in [2.75, 3.05) is 9.80 Å². The number of hydrogen-bond acceptors (Lipinski definition) is 2. The van der Waals surface area contributed by atoms with Crippen LogP contribution in [0.3, 0.4) is 0 Å². The summed E-state index contributed by atoms with van der Waals surface area (Å²) in [6.45, 7) is 5.00. The summed E-state index contributed by atoms with van der Waals surface area (Å²) < 4.78 is 4.90. The summed E-state index contributed by atoms with van der Waals surface area (Å²) in [5.41, 5.74) is 33.2. The second-order valence-corrected chi connectivity index (χ2v) is 46.9. The van der Waals surface area contributed by atoms with E-state index >= 15 is 0 Å². The molecule has 0 spiro atoms. The number of para-hydroxylation sites is 4. The van der Waals surface area contributed by atoms with Crippen molar-refractivity contribution in [2.24, 2.45) is 0 Å². The van der Waals surface area contributed by atoms with E-state index in [4.69, 9.17) is 0 Å². The van der Waals surface area contributed by atoms with Crippen LogP contribution in [0.25, 0.3) is 187 Å². The van der Waals surface area contributed by atoms with Crippen LogP contribution >= 0.6 is 0 Å². The van der Waals surface area contributed by atoms with E-state index in [1.807, 2.05) is 0 Å². The van der Waals surface area contributed by atoms with E-state index in [1.54, 1.807) is 0 Å². The van der Waals surface area contributed by atoms with Crippen molar-refractivity contribution in [1.29, 1.82) is 0 Å². The zero-order chi connectivity index (χ0) is 95.5. The van der Waals surface area contributed by atoms with Gasteiger partial charge in [0.2, 0.25) is 0 Å². The molecule has 676 valence electrons. The maximum atomic E-state index is 2.51. The van der Waals surface area contributed by atoms with Gasteiger partial charge in [-0.15, -0.1) is 0 Å². The minimum Gasteiger partial charge on any atom is -0.310 e. The van der Waals surface area contributed by atoms with Crippen LogP contribution in [0.4, 0.5) is 34.1 Å². The van der Waals surface area contributed by atoms with Crippen molar-refractivity contribution in [3.63, 3.8) is 0 Å². The lowest BCUT2D eigenvalue weighted by Gasteiger charge is -2.31. The summed E-state index contributed by atoms with van der Waals surface area (Å²) in [5.74, 6) is 0. The van der Waals surface area contributed by atoms with Crippen molar-refractivity contribution in [3.05, 3.63) is 546 Å². The third-order valence-electron chi connectivity index (χ3n) is 30.7. The molecule has 0 fully saturated rings. The highest BCUT2D eigenvalue weighted by Gasteiger charge is 2.50. The maximum Gasteiger partial charge on any atom is 0.180 e. The average molecular weight is 1870 g/mol. The van der Waals surface area contributed by atoms with Crippen molar-refractivity contribution >= 4 is 168 Å². The van der Waals surface area contributed by atoms with Crippen LogP contribution in [0.1, 0.15) is 0 Å². The molecule has 4 nitrogen and oxygen atoms in total. The van der Waals surface area contributed by atoms with Gasteiger partial charge >= 0.3 is 0 Å². The standard InChI is InChI=1S/C74H50N2Si.C64H46N2Si/c1-4-25-55(26-5-1)76-69-38-16-14-33-64(69)67-49-68(65-37-20-40-73-74(65)66-34-15-17-39-72(66)77(73,58-27-6-2-7-28-58)59-29-8-3-9-30-59)70(50-71(67)76)75(56-45-41-53(42-46-56)62-35-18-23-51-21-10-12-31-60(51)62)57-47-43-54(44-48-57)63-36-19-24-52-22-11-13-32-61(52)63;1-67(2)63-29-13-11-25-56(63)59-40-47(34-39-64(59)67)57-41-58-55-24-10-12-28-60(55)66(48-20-4-3-5-21-48)62(58)42-61(57)65(49-35-30-45(31-36-49)53-26-14-18-43-16-6-8-22-51(43)53)50-37-32-46(33-38-50)54-27-15-19-44-17-7-9-23-52(44)54/h1-50H;3-42H,1-2H3. The number of benzene rings is 24. The molecule has 26 aromatic rings. The molecule has 28 rings (SSSR count). The Morgan fingerprint density at radius 1 is 0.174 bits per heavy atom. The number of nitrogens with zero attached hydrogens (tertiary/aromatic N) is 4. The summed E-state index contributed by atoms with van der Waals surface area (Å²) in [7, 11) is -4.71. The highest BCUT2D eigenvalue weighted by molar-refractivity contribution is 7.22. The highest BCUT2D eigenvalue weighted by Crippen LogP contribution is 2.53. The smallest absolute Gasteiger partial charge is 0.180 e. The monoisotopic (exact) mass is 1860 g/mol. The maximum absolute atomic E-state index is 2.83. The van der Waals surface area contributed by atoms with Crippen LogP contribution in [0.5, 0.6) is 0 Å². The molecule has 2 aliphatic heterocycles. The van der Waals surface area contributed by atoms with Crippen molar-refractivity contribution < 1.29 is 0 Å². The van der Waals surface area contributed by atoms with Crippen LogP contribution in [-0.2, 0) is 0 Å². The van der Waals surface area contributed by atoms with Crippen molar-refractivity contribution in [3.8, 4) is 100 Å². The second-order valence-electron chi connectivity index (χ2n) is 38.8. The van der Waals surface area contributed by atoms with Gasteiger partial charge in [0.1, 0.15) is 8.07 Å². The van der Waals surface area contributed by atoms with Crippen LogP contribution < -0.4 is 40.9 Å². The topological polar surface area (TPSA) is 16.3 Å². The Kier molecular flexibility index (Phi) is 20.7. The first-order chi connectivity index (χ1) is 71.2. The van der Waals surface area contributed by atoms with Gasteiger partial charge in [-0.25, -0.2) is 0 Å². The molecule has 0 amide bonds. The summed E-state index contributed by atoms with van der Waals surface area (Å²) in [4.78, 5) is 5.00. The lowest BCUT2D eigenvalue weighted by atomic mass is 9.91. The molecule has 0 N–H and O–H groups in total. The number of rotatable bonds is 16. The Labute approximate surface area is 840 Å².